The van der Waals surface area contributed by atoms with Gasteiger partial charge in [-0.25, -0.2) is 0 Å². The van der Waals surface area contributed by atoms with E-state index in [4.69, 9.17) is 4.42 Å². The molecule has 2 aromatic rings. The molecule has 0 fully saturated rings. The Morgan fingerprint density at radius 3 is 2.48 bits per heavy atom. The average Bonchev–Trinajstić information content (AvgIpc) is 3.15. The van der Waals surface area contributed by atoms with Crippen LogP contribution in [0.1, 0.15) is 22.5 Å². The van der Waals surface area contributed by atoms with Gasteiger partial charge in [-0.3, -0.25) is 4.79 Å². The molecule has 23 heavy (non-hydrogen) atoms. The van der Waals surface area contributed by atoms with Gasteiger partial charge in [0.05, 0.1) is 12.7 Å². The fraction of sp³-hybridized carbons (Fsp3) is 0.200. The molecular weight excluding hydrogens is 313 g/mol. The summed E-state index contributed by atoms with van der Waals surface area (Å²) in [6.45, 7) is 0. The Labute approximate surface area is 128 Å². The van der Waals surface area contributed by atoms with Crippen molar-refractivity contribution in [3.8, 4) is 0 Å². The predicted octanol–water partition coefficient (Wildman–Crippen LogP) is 2.78. The molecule has 1 N–H and O–H groups in total. The minimum atomic E-state index is -5.07. The molecule has 0 aliphatic carbocycles. The first-order valence-electron chi connectivity index (χ1n) is 6.63. The molecule has 5 nitrogen and oxygen atoms in total. The van der Waals surface area contributed by atoms with Gasteiger partial charge in [0.15, 0.2) is 0 Å². The van der Waals surface area contributed by atoms with Crippen molar-refractivity contribution in [2.45, 2.75) is 18.3 Å². The molecule has 0 spiro atoms. The average molecular weight is 324 g/mol. The van der Waals surface area contributed by atoms with E-state index in [9.17, 15) is 23.1 Å². The van der Waals surface area contributed by atoms with E-state index >= 15 is 0 Å². The molecule has 0 saturated heterocycles. The highest BCUT2D eigenvalue weighted by molar-refractivity contribution is 6.03. The van der Waals surface area contributed by atoms with E-state index in [1.165, 1.54) is 42.7 Å². The van der Waals surface area contributed by atoms with Gasteiger partial charge in [-0.1, -0.05) is 18.2 Å². The number of furan rings is 1. The van der Waals surface area contributed by atoms with Gasteiger partial charge in [-0.15, -0.1) is 0 Å². The number of carbonyl (C=O) groups is 1. The number of alkyl halides is 3. The number of aliphatic hydroxyl groups is 1. The molecule has 0 radical (unpaired) electrons. The molecule has 1 atom stereocenters. The van der Waals surface area contributed by atoms with Crippen LogP contribution < -0.4 is 0 Å². The summed E-state index contributed by atoms with van der Waals surface area (Å²) in [5.41, 5.74) is -3.58. The molecule has 1 aliphatic heterocycles. The van der Waals surface area contributed by atoms with Gasteiger partial charge >= 0.3 is 6.18 Å². The Kier molecular flexibility index (Phi) is 3.48. The fourth-order valence-electron chi connectivity index (χ4n) is 2.26. The summed E-state index contributed by atoms with van der Waals surface area (Å²) in [5.74, 6) is -0.983. The summed E-state index contributed by atoms with van der Waals surface area (Å²) in [5, 5.41) is 13.8. The Bertz CT molecular complexity index is 741. The number of carbonyl (C=O) groups excluding carboxylic acids is 1. The maximum Gasteiger partial charge on any atom is 0.438 e. The topological polar surface area (TPSA) is 66.0 Å². The van der Waals surface area contributed by atoms with Crippen molar-refractivity contribution >= 4 is 11.6 Å². The normalized spacial score (nSPS) is 21.4. The van der Waals surface area contributed by atoms with Crippen LogP contribution in [0.15, 0.2) is 58.2 Å². The molecular formula is C15H11F3N2O3. The summed E-state index contributed by atoms with van der Waals surface area (Å²) in [7, 11) is 0. The zero-order chi connectivity index (χ0) is 16.7. The highest BCUT2D eigenvalue weighted by atomic mass is 19.4. The fourth-order valence-corrected chi connectivity index (χ4v) is 2.26. The number of nitrogens with zero attached hydrogens (tertiary/aromatic N) is 2. The maximum absolute atomic E-state index is 13.3. The number of benzene rings is 1. The lowest BCUT2D eigenvalue weighted by Crippen LogP contribution is -2.56. The van der Waals surface area contributed by atoms with Gasteiger partial charge in [0.1, 0.15) is 11.5 Å². The van der Waals surface area contributed by atoms with Crippen molar-refractivity contribution in [3.05, 3.63) is 60.1 Å². The van der Waals surface area contributed by atoms with Gasteiger partial charge in [-0.05, 0) is 24.3 Å². The van der Waals surface area contributed by atoms with Crippen molar-refractivity contribution in [1.82, 2.24) is 5.01 Å². The van der Waals surface area contributed by atoms with Crippen LogP contribution in [0.5, 0.6) is 0 Å². The molecule has 1 aliphatic rings. The Morgan fingerprint density at radius 1 is 1.22 bits per heavy atom. The third-order valence-electron chi connectivity index (χ3n) is 3.46. The maximum atomic E-state index is 13.3. The van der Waals surface area contributed by atoms with Crippen molar-refractivity contribution in [2.24, 2.45) is 5.10 Å². The Hall–Kier alpha value is -2.61. The standard InChI is InChI=1S/C15H11F3N2O3/c16-15(17,18)14(22)9-11(12-7-4-8-23-12)19-20(14)13(21)10-5-2-1-3-6-10/h1-8,22H,9H2. The van der Waals surface area contributed by atoms with E-state index in [0.717, 1.165) is 0 Å². The summed E-state index contributed by atoms with van der Waals surface area (Å²) < 4.78 is 45.0. The molecule has 2 heterocycles. The SMILES string of the molecule is O=C(c1ccccc1)N1N=C(c2ccco2)CC1(O)C(F)(F)F. The number of hydrogen-bond acceptors (Lipinski definition) is 4. The Balaban J connectivity index is 2.04. The van der Waals surface area contributed by atoms with Gasteiger partial charge in [0, 0.05) is 5.56 Å². The minimum Gasteiger partial charge on any atom is -0.463 e. The first kappa shape index (κ1) is 15.3. The van der Waals surface area contributed by atoms with Crippen LogP contribution in [0, 0.1) is 0 Å². The molecule has 120 valence electrons. The second-order valence-electron chi connectivity index (χ2n) is 5.00. The van der Waals surface area contributed by atoms with E-state index in [2.05, 4.69) is 5.10 Å². The van der Waals surface area contributed by atoms with E-state index < -0.39 is 24.2 Å². The minimum absolute atomic E-state index is 0.0142. The van der Waals surface area contributed by atoms with Crippen molar-refractivity contribution in [1.29, 1.82) is 0 Å². The van der Waals surface area contributed by atoms with Crippen LogP contribution in [0.4, 0.5) is 13.2 Å². The van der Waals surface area contributed by atoms with Crippen molar-refractivity contribution in [2.75, 3.05) is 0 Å². The zero-order valence-corrected chi connectivity index (χ0v) is 11.6. The molecule has 1 unspecified atom stereocenters. The lowest BCUT2D eigenvalue weighted by molar-refractivity contribution is -0.297. The second kappa shape index (κ2) is 5.24. The van der Waals surface area contributed by atoms with Crippen LogP contribution >= 0.6 is 0 Å². The third-order valence-corrected chi connectivity index (χ3v) is 3.46. The molecule has 3 rings (SSSR count). The molecule has 1 aromatic carbocycles. The van der Waals surface area contributed by atoms with E-state index in [0.29, 0.717) is 0 Å². The zero-order valence-electron chi connectivity index (χ0n) is 11.6. The predicted molar refractivity (Wildman–Crippen MR) is 73.5 cm³/mol. The lowest BCUT2D eigenvalue weighted by atomic mass is 10.0. The highest BCUT2D eigenvalue weighted by Crippen LogP contribution is 2.41. The summed E-state index contributed by atoms with van der Waals surface area (Å²) in [4.78, 5) is 12.4. The monoisotopic (exact) mass is 324 g/mol. The van der Waals surface area contributed by atoms with E-state index in [1.54, 1.807) is 6.07 Å². The van der Waals surface area contributed by atoms with Crippen LogP contribution in [-0.2, 0) is 0 Å². The van der Waals surface area contributed by atoms with Crippen LogP contribution in [0.25, 0.3) is 0 Å². The summed E-state index contributed by atoms with van der Waals surface area (Å²) >= 11 is 0. The second-order valence-corrected chi connectivity index (χ2v) is 5.00. The number of rotatable bonds is 2. The first-order valence-corrected chi connectivity index (χ1v) is 6.63. The first-order chi connectivity index (χ1) is 10.8. The molecule has 0 saturated carbocycles. The van der Waals surface area contributed by atoms with Crippen LogP contribution in [0.2, 0.25) is 0 Å². The molecule has 1 aromatic heterocycles. The van der Waals surface area contributed by atoms with Crippen LogP contribution in [0.3, 0.4) is 0 Å². The molecule has 1 amide bonds. The third kappa shape index (κ3) is 2.50. The van der Waals surface area contributed by atoms with Gasteiger partial charge in [-0.2, -0.15) is 23.3 Å². The van der Waals surface area contributed by atoms with Gasteiger partial charge in [0.2, 0.25) is 0 Å². The lowest BCUT2D eigenvalue weighted by Gasteiger charge is -2.32. The number of hydrazone groups is 1. The number of halogens is 3. The van der Waals surface area contributed by atoms with E-state index in [-0.39, 0.29) is 22.0 Å². The van der Waals surface area contributed by atoms with Crippen LogP contribution in [-0.4, -0.2) is 33.6 Å². The van der Waals surface area contributed by atoms with Gasteiger partial charge in [0.25, 0.3) is 11.6 Å². The summed E-state index contributed by atoms with van der Waals surface area (Å²) in [6.07, 6.45) is -4.70. The number of amides is 1. The molecule has 0 bridgehead atoms. The largest absolute Gasteiger partial charge is 0.463 e. The Morgan fingerprint density at radius 2 is 1.91 bits per heavy atom. The molecule has 8 heteroatoms. The highest BCUT2D eigenvalue weighted by Gasteiger charge is 2.63. The number of hydrogen-bond donors (Lipinski definition) is 1. The van der Waals surface area contributed by atoms with Crippen molar-refractivity contribution in [3.63, 3.8) is 0 Å². The smallest absolute Gasteiger partial charge is 0.438 e. The van der Waals surface area contributed by atoms with E-state index in [1.807, 2.05) is 0 Å². The quantitative estimate of drug-likeness (QED) is 0.924. The van der Waals surface area contributed by atoms with Gasteiger partial charge < -0.3 is 9.52 Å². The summed E-state index contributed by atoms with van der Waals surface area (Å²) in [6, 6.07) is 10.2. The van der Waals surface area contributed by atoms with Crippen molar-refractivity contribution < 1.29 is 27.5 Å².